The molecule has 0 radical (unpaired) electrons. The minimum Gasteiger partial charge on any atom is -0.450 e. The minimum absolute atomic E-state index is 0.165. The maximum absolute atomic E-state index is 13.7. The van der Waals surface area contributed by atoms with Crippen LogP contribution in [0.4, 0.5) is 19.4 Å². The first-order valence-electron chi connectivity index (χ1n) is 9.22. The molecule has 2 amide bonds. The molecule has 3 rings (SSSR count). The number of halogens is 2. The highest BCUT2D eigenvalue weighted by atomic mass is 19.1. The summed E-state index contributed by atoms with van der Waals surface area (Å²) in [5.41, 5.74) is 2.23. The van der Waals surface area contributed by atoms with Crippen molar-refractivity contribution in [1.82, 2.24) is 9.88 Å². The fourth-order valence-electron chi connectivity index (χ4n) is 3.11. The van der Waals surface area contributed by atoms with Gasteiger partial charge in [-0.3, -0.25) is 4.79 Å². The average molecular weight is 401 g/mol. The molecule has 6 nitrogen and oxygen atoms in total. The van der Waals surface area contributed by atoms with Crippen LogP contribution in [0.15, 0.2) is 42.1 Å². The Balaban J connectivity index is 1.74. The third kappa shape index (κ3) is 4.59. The zero-order valence-corrected chi connectivity index (χ0v) is 16.2. The van der Waals surface area contributed by atoms with Gasteiger partial charge in [0.15, 0.2) is 0 Å². The lowest BCUT2D eigenvalue weighted by Crippen LogP contribution is -2.36. The molecular formula is C21H21F2N3O3. The standard InChI is InChI=1S/C21H21F2N3O3/c1-3-29-21(28)26-10-9-13(2)15(12-26)14-7-8-18(24-11-14)25-20(27)19-16(22)5-4-6-17(19)23/h4-8,11H,3,9-10,12H2,1-2H3,(H,24,25,27). The van der Waals surface area contributed by atoms with Crippen LogP contribution < -0.4 is 5.32 Å². The van der Waals surface area contributed by atoms with Crippen LogP contribution in [0.25, 0.3) is 5.57 Å². The van der Waals surface area contributed by atoms with Gasteiger partial charge in [0.1, 0.15) is 23.0 Å². The first-order valence-corrected chi connectivity index (χ1v) is 9.22. The second-order valence-corrected chi connectivity index (χ2v) is 6.61. The molecule has 1 aliphatic rings. The van der Waals surface area contributed by atoms with Crippen LogP contribution >= 0.6 is 0 Å². The van der Waals surface area contributed by atoms with Crippen molar-refractivity contribution in [3.05, 3.63) is 64.9 Å². The van der Waals surface area contributed by atoms with Crippen molar-refractivity contribution in [2.24, 2.45) is 0 Å². The third-order valence-corrected chi connectivity index (χ3v) is 4.69. The molecule has 152 valence electrons. The predicted molar refractivity (Wildman–Crippen MR) is 104 cm³/mol. The van der Waals surface area contributed by atoms with E-state index in [1.165, 1.54) is 6.07 Å². The number of carbonyl (C=O) groups is 2. The van der Waals surface area contributed by atoms with Crippen LogP contribution in [0.1, 0.15) is 36.2 Å². The van der Waals surface area contributed by atoms with Crippen molar-refractivity contribution in [3.63, 3.8) is 0 Å². The lowest BCUT2D eigenvalue weighted by Gasteiger charge is -2.29. The van der Waals surface area contributed by atoms with E-state index in [1.54, 1.807) is 30.2 Å². The Labute approximate surface area is 167 Å². The van der Waals surface area contributed by atoms with E-state index in [9.17, 15) is 18.4 Å². The summed E-state index contributed by atoms with van der Waals surface area (Å²) in [6.45, 7) is 5.05. The van der Waals surface area contributed by atoms with Crippen molar-refractivity contribution in [2.75, 3.05) is 25.0 Å². The number of pyridine rings is 1. The molecule has 0 fully saturated rings. The first kappa shape index (κ1) is 20.4. The Hall–Kier alpha value is -3.29. The van der Waals surface area contributed by atoms with E-state index in [4.69, 9.17) is 4.74 Å². The summed E-state index contributed by atoms with van der Waals surface area (Å²) in [7, 11) is 0. The molecule has 0 saturated carbocycles. The van der Waals surface area contributed by atoms with Gasteiger partial charge in [-0.05, 0) is 55.7 Å². The summed E-state index contributed by atoms with van der Waals surface area (Å²) in [5, 5.41) is 2.39. The van der Waals surface area contributed by atoms with Gasteiger partial charge in [0.2, 0.25) is 0 Å². The molecule has 2 aromatic rings. The minimum atomic E-state index is -0.943. The quantitative estimate of drug-likeness (QED) is 0.832. The molecule has 8 heteroatoms. The molecule has 0 aliphatic carbocycles. The summed E-state index contributed by atoms with van der Waals surface area (Å²) in [4.78, 5) is 30.0. The van der Waals surface area contributed by atoms with E-state index < -0.39 is 23.1 Å². The Kier molecular flexibility index (Phi) is 6.21. The predicted octanol–water partition coefficient (Wildman–Crippen LogP) is 4.25. The van der Waals surface area contributed by atoms with E-state index in [0.717, 1.165) is 35.3 Å². The van der Waals surface area contributed by atoms with Crippen molar-refractivity contribution < 1.29 is 23.1 Å². The number of nitrogens with zero attached hydrogens (tertiary/aromatic N) is 2. The summed E-state index contributed by atoms with van der Waals surface area (Å²) in [6, 6.07) is 6.52. The van der Waals surface area contributed by atoms with Gasteiger partial charge in [0.05, 0.1) is 6.61 Å². The topological polar surface area (TPSA) is 71.5 Å². The molecule has 29 heavy (non-hydrogen) atoms. The van der Waals surface area contributed by atoms with E-state index in [2.05, 4.69) is 10.3 Å². The highest BCUT2D eigenvalue weighted by Gasteiger charge is 2.23. The number of nitrogens with one attached hydrogen (secondary N) is 1. The lowest BCUT2D eigenvalue weighted by atomic mass is 9.96. The molecule has 0 saturated heterocycles. The smallest absolute Gasteiger partial charge is 0.410 e. The lowest BCUT2D eigenvalue weighted by molar-refractivity contribution is 0.101. The molecule has 0 bridgehead atoms. The van der Waals surface area contributed by atoms with Crippen LogP contribution in [-0.4, -0.2) is 41.6 Å². The van der Waals surface area contributed by atoms with Crippen molar-refractivity contribution in [2.45, 2.75) is 20.3 Å². The van der Waals surface area contributed by atoms with Gasteiger partial charge in [-0.2, -0.15) is 0 Å². The largest absolute Gasteiger partial charge is 0.450 e. The summed E-state index contributed by atoms with van der Waals surface area (Å²) in [6.07, 6.45) is 1.92. The number of rotatable bonds is 4. The maximum atomic E-state index is 13.7. The monoisotopic (exact) mass is 401 g/mol. The Morgan fingerprint density at radius 3 is 2.55 bits per heavy atom. The molecule has 1 aliphatic heterocycles. The number of carbonyl (C=O) groups excluding carboxylic acids is 2. The normalized spacial score (nSPS) is 14.0. The Morgan fingerprint density at radius 2 is 1.93 bits per heavy atom. The number of hydrogen-bond acceptors (Lipinski definition) is 4. The van der Waals surface area contributed by atoms with E-state index in [0.29, 0.717) is 19.7 Å². The summed E-state index contributed by atoms with van der Waals surface area (Å²) in [5.74, 6) is -2.64. The van der Waals surface area contributed by atoms with Gasteiger partial charge in [-0.25, -0.2) is 18.6 Å². The van der Waals surface area contributed by atoms with Crippen molar-refractivity contribution in [3.8, 4) is 0 Å². The van der Waals surface area contributed by atoms with Crippen LogP contribution in [-0.2, 0) is 4.74 Å². The molecule has 0 atom stereocenters. The Morgan fingerprint density at radius 1 is 1.21 bits per heavy atom. The van der Waals surface area contributed by atoms with Gasteiger partial charge in [-0.1, -0.05) is 11.6 Å². The highest BCUT2D eigenvalue weighted by molar-refractivity contribution is 6.04. The average Bonchev–Trinajstić information content (AvgIpc) is 2.69. The highest BCUT2D eigenvalue weighted by Crippen LogP contribution is 2.27. The summed E-state index contributed by atoms with van der Waals surface area (Å²) < 4.78 is 32.5. The zero-order valence-electron chi connectivity index (χ0n) is 16.2. The van der Waals surface area contributed by atoms with Gasteiger partial charge in [-0.15, -0.1) is 0 Å². The SMILES string of the molecule is CCOC(=O)N1CCC(C)=C(c2ccc(NC(=O)c3c(F)cccc3F)nc2)C1. The molecule has 0 spiro atoms. The molecule has 0 unspecified atom stereocenters. The molecule has 1 aromatic heterocycles. The molecular weight excluding hydrogens is 380 g/mol. The molecule has 2 heterocycles. The van der Waals surface area contributed by atoms with Gasteiger partial charge in [0, 0.05) is 19.3 Å². The number of ether oxygens (including phenoxy) is 1. The Bertz CT molecular complexity index is 938. The van der Waals surface area contributed by atoms with Gasteiger partial charge in [0.25, 0.3) is 5.91 Å². The second kappa shape index (κ2) is 8.81. The maximum Gasteiger partial charge on any atom is 0.410 e. The van der Waals surface area contributed by atoms with E-state index >= 15 is 0 Å². The first-order chi connectivity index (χ1) is 13.9. The second-order valence-electron chi connectivity index (χ2n) is 6.61. The number of benzene rings is 1. The van der Waals surface area contributed by atoms with Gasteiger partial charge < -0.3 is 15.0 Å². The molecule has 1 N–H and O–H groups in total. The van der Waals surface area contributed by atoms with Gasteiger partial charge >= 0.3 is 6.09 Å². The van der Waals surface area contributed by atoms with Crippen LogP contribution in [0.3, 0.4) is 0 Å². The molecule has 1 aromatic carbocycles. The van der Waals surface area contributed by atoms with Crippen molar-refractivity contribution >= 4 is 23.4 Å². The van der Waals surface area contributed by atoms with E-state index in [1.807, 2.05) is 6.92 Å². The van der Waals surface area contributed by atoms with E-state index in [-0.39, 0.29) is 11.9 Å². The fourth-order valence-corrected chi connectivity index (χ4v) is 3.11. The summed E-state index contributed by atoms with van der Waals surface area (Å²) >= 11 is 0. The van der Waals surface area contributed by atoms with Crippen LogP contribution in [0.5, 0.6) is 0 Å². The van der Waals surface area contributed by atoms with Crippen LogP contribution in [0.2, 0.25) is 0 Å². The number of hydrogen-bond donors (Lipinski definition) is 1. The number of aromatic nitrogens is 1. The number of anilines is 1. The van der Waals surface area contributed by atoms with Crippen LogP contribution in [0, 0.1) is 11.6 Å². The third-order valence-electron chi connectivity index (χ3n) is 4.69. The zero-order chi connectivity index (χ0) is 21.0. The fraction of sp³-hybridized carbons (Fsp3) is 0.286. The van der Waals surface area contributed by atoms with Crippen molar-refractivity contribution in [1.29, 1.82) is 0 Å². The number of amides is 2.